The van der Waals surface area contributed by atoms with Gasteiger partial charge in [-0.1, -0.05) is 42.0 Å². The zero-order chi connectivity index (χ0) is 17.6. The predicted octanol–water partition coefficient (Wildman–Crippen LogP) is 4.88. The summed E-state index contributed by atoms with van der Waals surface area (Å²) in [6.45, 7) is 2.26. The van der Waals surface area contributed by atoms with E-state index in [1.807, 2.05) is 0 Å². The van der Waals surface area contributed by atoms with Gasteiger partial charge in [0.05, 0.1) is 0 Å². The third kappa shape index (κ3) is 5.71. The third-order valence-electron chi connectivity index (χ3n) is 5.87. The van der Waals surface area contributed by atoms with Crippen LogP contribution in [0.1, 0.15) is 63.9 Å². The number of carbonyl (C=O) groups is 1. The second kappa shape index (κ2) is 8.66. The fourth-order valence-electron chi connectivity index (χ4n) is 4.26. The summed E-state index contributed by atoms with van der Waals surface area (Å²) in [5.41, 5.74) is 2.79. The molecule has 1 aromatic carbocycles. The lowest BCUT2D eigenvalue weighted by molar-refractivity contribution is -0.137. The van der Waals surface area contributed by atoms with Crippen molar-refractivity contribution in [2.45, 2.75) is 70.4 Å². The lowest BCUT2D eigenvalue weighted by Gasteiger charge is -2.29. The highest BCUT2D eigenvalue weighted by Crippen LogP contribution is 2.39. The summed E-state index contributed by atoms with van der Waals surface area (Å²) in [7, 11) is 0. The number of carboxylic acid groups (broad SMARTS) is 1. The number of nitrogens with one attached hydrogen (secondary N) is 1. The van der Waals surface area contributed by atoms with Crippen molar-refractivity contribution in [3.05, 3.63) is 41.5 Å². The van der Waals surface area contributed by atoms with Gasteiger partial charge >= 0.3 is 5.97 Å². The molecule has 0 radical (unpaired) electrons. The van der Waals surface area contributed by atoms with E-state index in [0.717, 1.165) is 18.8 Å². The van der Waals surface area contributed by atoms with Crippen molar-refractivity contribution in [3.63, 3.8) is 0 Å². The first-order valence-electron chi connectivity index (χ1n) is 9.83. The molecule has 0 heterocycles. The molecular weight excluding hydrogens is 310 g/mol. The summed E-state index contributed by atoms with van der Waals surface area (Å²) in [4.78, 5) is 10.6. The van der Waals surface area contributed by atoms with E-state index < -0.39 is 5.97 Å². The van der Waals surface area contributed by atoms with Gasteiger partial charge in [-0.2, -0.15) is 0 Å². The van der Waals surface area contributed by atoms with E-state index in [2.05, 4.69) is 48.6 Å². The Bertz CT molecular complexity index is 587. The van der Waals surface area contributed by atoms with Gasteiger partial charge in [0.1, 0.15) is 0 Å². The van der Waals surface area contributed by atoms with Crippen LogP contribution in [0, 0.1) is 11.8 Å². The fourth-order valence-corrected chi connectivity index (χ4v) is 4.26. The second-order valence-corrected chi connectivity index (χ2v) is 7.92. The molecule has 0 amide bonds. The van der Waals surface area contributed by atoms with Crippen LogP contribution in [-0.4, -0.2) is 23.2 Å². The van der Waals surface area contributed by atoms with Gasteiger partial charge in [-0.15, -0.1) is 0 Å². The largest absolute Gasteiger partial charge is 0.481 e. The Hall–Kier alpha value is -1.61. The van der Waals surface area contributed by atoms with Gasteiger partial charge in [0, 0.05) is 18.5 Å². The average Bonchev–Trinajstić information content (AvgIpc) is 3.36. The van der Waals surface area contributed by atoms with Crippen LogP contribution in [0.25, 0.3) is 6.08 Å². The van der Waals surface area contributed by atoms with Gasteiger partial charge in [-0.3, -0.25) is 4.79 Å². The molecule has 2 atom stereocenters. The first-order valence-corrected chi connectivity index (χ1v) is 9.83. The van der Waals surface area contributed by atoms with Gasteiger partial charge in [0.2, 0.25) is 0 Å². The molecule has 0 aromatic heterocycles. The highest BCUT2D eigenvalue weighted by atomic mass is 16.4. The van der Waals surface area contributed by atoms with Crippen molar-refractivity contribution in [2.75, 3.05) is 0 Å². The highest BCUT2D eigenvalue weighted by molar-refractivity contribution is 5.66. The quantitative estimate of drug-likeness (QED) is 0.708. The van der Waals surface area contributed by atoms with Crippen molar-refractivity contribution >= 4 is 12.0 Å². The molecule has 2 aliphatic rings. The fraction of sp³-hybridized carbons (Fsp3) is 0.591. The summed E-state index contributed by atoms with van der Waals surface area (Å²) >= 11 is 0. The Morgan fingerprint density at radius 1 is 1.20 bits per heavy atom. The number of hydrogen-bond acceptors (Lipinski definition) is 2. The predicted molar refractivity (Wildman–Crippen MR) is 102 cm³/mol. The number of aliphatic carboxylic acids is 1. The summed E-state index contributed by atoms with van der Waals surface area (Å²) in [6.07, 6.45) is 10.9. The molecule has 3 rings (SSSR count). The van der Waals surface area contributed by atoms with E-state index in [9.17, 15) is 4.79 Å². The number of carboxylic acids is 1. The Balaban J connectivity index is 1.36. The van der Waals surface area contributed by atoms with Gasteiger partial charge < -0.3 is 10.4 Å². The maximum absolute atomic E-state index is 10.6. The molecule has 2 unspecified atom stereocenters. The summed E-state index contributed by atoms with van der Waals surface area (Å²) < 4.78 is 0. The van der Waals surface area contributed by atoms with E-state index in [-0.39, 0.29) is 0 Å². The van der Waals surface area contributed by atoms with Gasteiger partial charge in [-0.05, 0) is 69.3 Å². The maximum atomic E-state index is 10.6. The summed E-state index contributed by atoms with van der Waals surface area (Å²) in [5.74, 6) is 0.787. The van der Waals surface area contributed by atoms with Crippen molar-refractivity contribution in [1.82, 2.24) is 5.32 Å². The third-order valence-corrected chi connectivity index (χ3v) is 5.87. The van der Waals surface area contributed by atoms with Gasteiger partial charge in [0.15, 0.2) is 0 Å². The lowest BCUT2D eigenvalue weighted by atomic mass is 9.83. The normalized spacial score (nSPS) is 29.4. The van der Waals surface area contributed by atoms with Crippen molar-refractivity contribution in [1.29, 1.82) is 0 Å². The maximum Gasteiger partial charge on any atom is 0.303 e. The van der Waals surface area contributed by atoms with Crippen LogP contribution in [0.15, 0.2) is 35.9 Å². The minimum Gasteiger partial charge on any atom is -0.481 e. The zero-order valence-corrected chi connectivity index (χ0v) is 15.3. The Labute approximate surface area is 151 Å². The average molecular weight is 341 g/mol. The second-order valence-electron chi connectivity index (χ2n) is 7.92. The number of benzene rings is 1. The van der Waals surface area contributed by atoms with Gasteiger partial charge in [0.25, 0.3) is 0 Å². The lowest BCUT2D eigenvalue weighted by Crippen LogP contribution is -2.35. The van der Waals surface area contributed by atoms with Crippen LogP contribution in [0.5, 0.6) is 0 Å². The Morgan fingerprint density at radius 2 is 1.92 bits per heavy atom. The molecule has 0 bridgehead atoms. The standard InChI is InChI=1S/C22H31NO2/c1-16(14-18-6-3-2-4-7-18)20-15-21(20)23-19-12-10-17(11-13-19)8-5-9-22(24)25/h2-4,6-7,14,17,19-21,23H,5,8-13,15H2,1H3,(H,24,25)/b16-14+. The first kappa shape index (κ1) is 18.2. The Morgan fingerprint density at radius 3 is 2.60 bits per heavy atom. The number of hydrogen-bond donors (Lipinski definition) is 2. The zero-order valence-electron chi connectivity index (χ0n) is 15.3. The molecule has 0 saturated heterocycles. The molecule has 2 N–H and O–H groups in total. The smallest absolute Gasteiger partial charge is 0.303 e. The van der Waals surface area contributed by atoms with E-state index in [1.54, 1.807) is 0 Å². The molecular formula is C22H31NO2. The molecule has 3 nitrogen and oxygen atoms in total. The molecule has 0 spiro atoms. The monoisotopic (exact) mass is 341 g/mol. The van der Waals surface area contributed by atoms with Gasteiger partial charge in [-0.25, -0.2) is 0 Å². The van der Waals surface area contributed by atoms with Crippen LogP contribution < -0.4 is 5.32 Å². The summed E-state index contributed by atoms with van der Waals surface area (Å²) in [6, 6.07) is 11.9. The van der Waals surface area contributed by atoms with Crippen LogP contribution in [0.4, 0.5) is 0 Å². The van der Waals surface area contributed by atoms with Crippen molar-refractivity contribution in [2.24, 2.45) is 11.8 Å². The number of rotatable bonds is 8. The first-order chi connectivity index (χ1) is 12.1. The van der Waals surface area contributed by atoms with E-state index in [4.69, 9.17) is 5.11 Å². The molecule has 0 aliphatic heterocycles. The molecule has 2 saturated carbocycles. The van der Waals surface area contributed by atoms with Crippen LogP contribution in [0.2, 0.25) is 0 Å². The van der Waals surface area contributed by atoms with Crippen LogP contribution >= 0.6 is 0 Å². The van der Waals surface area contributed by atoms with Crippen LogP contribution in [-0.2, 0) is 4.79 Å². The molecule has 25 heavy (non-hydrogen) atoms. The molecule has 2 fully saturated rings. The van der Waals surface area contributed by atoms with Crippen molar-refractivity contribution in [3.8, 4) is 0 Å². The molecule has 2 aliphatic carbocycles. The van der Waals surface area contributed by atoms with E-state index >= 15 is 0 Å². The van der Waals surface area contributed by atoms with Crippen molar-refractivity contribution < 1.29 is 9.90 Å². The minimum absolute atomic E-state index is 0.328. The minimum atomic E-state index is -0.658. The molecule has 3 heteroatoms. The van der Waals surface area contributed by atoms with Crippen LogP contribution in [0.3, 0.4) is 0 Å². The Kier molecular flexibility index (Phi) is 6.30. The van der Waals surface area contributed by atoms with E-state index in [1.165, 1.54) is 43.2 Å². The SMILES string of the molecule is C/C(=C\c1ccccc1)C1CC1NC1CCC(CCCC(=O)O)CC1. The summed E-state index contributed by atoms with van der Waals surface area (Å²) in [5, 5.41) is 12.6. The molecule has 1 aromatic rings. The highest BCUT2D eigenvalue weighted by Gasteiger charge is 2.39. The topological polar surface area (TPSA) is 49.3 Å². The van der Waals surface area contributed by atoms with E-state index in [0.29, 0.717) is 24.4 Å². The molecule has 136 valence electrons.